The van der Waals surface area contributed by atoms with Gasteiger partial charge in [-0.3, -0.25) is 4.79 Å². The Kier molecular flexibility index (Phi) is 6.99. The Morgan fingerprint density at radius 2 is 2.17 bits per heavy atom. The highest BCUT2D eigenvalue weighted by Crippen LogP contribution is 2.21. The minimum atomic E-state index is -0.373. The summed E-state index contributed by atoms with van der Waals surface area (Å²) in [6, 6.07) is 0. The summed E-state index contributed by atoms with van der Waals surface area (Å²) < 4.78 is 10.4. The minimum Gasteiger partial charge on any atom is -0.462 e. The van der Waals surface area contributed by atoms with Crippen molar-refractivity contribution in [2.75, 3.05) is 37.8 Å². The lowest BCUT2D eigenvalue weighted by molar-refractivity contribution is -0.120. The molecule has 1 aliphatic heterocycles. The van der Waals surface area contributed by atoms with Crippen LogP contribution in [0.5, 0.6) is 0 Å². The number of hydrazone groups is 1. The molecule has 0 atom stereocenters. The summed E-state index contributed by atoms with van der Waals surface area (Å²) in [5, 5.41) is 6.79. The number of rotatable bonds is 7. The molecule has 1 saturated heterocycles. The van der Waals surface area contributed by atoms with Gasteiger partial charge in [-0.05, 0) is 26.3 Å². The SMILES string of the molecule is CCOC(=O)c1c(C)[nH]c(/C=N/NC(=O)Cc2csc(N3CCOCC3)n2)c1C. The second kappa shape index (κ2) is 9.66. The summed E-state index contributed by atoms with van der Waals surface area (Å²) in [6.07, 6.45) is 1.64. The number of H-pyrrole nitrogens is 1. The van der Waals surface area contributed by atoms with Crippen LogP contribution >= 0.6 is 11.3 Å². The number of nitrogens with zero attached hydrogens (tertiary/aromatic N) is 3. The fourth-order valence-corrected chi connectivity index (χ4v) is 3.94. The monoisotopic (exact) mass is 419 g/mol. The molecule has 156 valence electrons. The Labute approximate surface area is 173 Å². The zero-order valence-corrected chi connectivity index (χ0v) is 17.6. The van der Waals surface area contributed by atoms with Crippen molar-refractivity contribution >= 4 is 34.6 Å². The summed E-state index contributed by atoms with van der Waals surface area (Å²) in [5.74, 6) is -0.631. The lowest BCUT2D eigenvalue weighted by Gasteiger charge is -2.26. The first kappa shape index (κ1) is 21.0. The van der Waals surface area contributed by atoms with E-state index in [4.69, 9.17) is 9.47 Å². The van der Waals surface area contributed by atoms with Crippen molar-refractivity contribution in [2.45, 2.75) is 27.2 Å². The Hall–Kier alpha value is -2.72. The molecule has 0 saturated carbocycles. The van der Waals surface area contributed by atoms with Crippen LogP contribution in [0.1, 0.15) is 39.9 Å². The molecule has 0 aliphatic carbocycles. The van der Waals surface area contributed by atoms with Crippen LogP contribution in [0, 0.1) is 13.8 Å². The van der Waals surface area contributed by atoms with Gasteiger partial charge in [-0.2, -0.15) is 5.10 Å². The average molecular weight is 420 g/mol. The Morgan fingerprint density at radius 1 is 1.41 bits per heavy atom. The Morgan fingerprint density at radius 3 is 2.90 bits per heavy atom. The molecule has 29 heavy (non-hydrogen) atoms. The van der Waals surface area contributed by atoms with Crippen LogP contribution in [0.4, 0.5) is 5.13 Å². The molecule has 0 unspecified atom stereocenters. The zero-order valence-electron chi connectivity index (χ0n) is 16.8. The number of hydrogen-bond donors (Lipinski definition) is 2. The van der Waals surface area contributed by atoms with Crippen molar-refractivity contribution in [3.63, 3.8) is 0 Å². The molecule has 2 aromatic heterocycles. The number of carbonyl (C=O) groups excluding carboxylic acids is 2. The van der Waals surface area contributed by atoms with Crippen molar-refractivity contribution in [1.82, 2.24) is 15.4 Å². The standard InChI is InChI=1S/C19H25N5O4S/c1-4-28-18(26)17-12(2)15(21-13(17)3)10-20-23-16(25)9-14-11-29-19(22-14)24-5-7-27-8-6-24/h10-11,21H,4-9H2,1-3H3,(H,23,25)/b20-10+. The maximum Gasteiger partial charge on any atom is 0.340 e. The molecule has 1 amide bonds. The summed E-state index contributed by atoms with van der Waals surface area (Å²) in [6.45, 7) is 8.69. The summed E-state index contributed by atoms with van der Waals surface area (Å²) in [5.41, 5.74) is 5.79. The first-order valence-electron chi connectivity index (χ1n) is 9.44. The largest absolute Gasteiger partial charge is 0.462 e. The van der Waals surface area contributed by atoms with Gasteiger partial charge in [0, 0.05) is 24.2 Å². The van der Waals surface area contributed by atoms with E-state index in [1.165, 1.54) is 17.6 Å². The fraction of sp³-hybridized carbons (Fsp3) is 0.474. The average Bonchev–Trinajstić information content (AvgIpc) is 3.27. The predicted molar refractivity (Wildman–Crippen MR) is 111 cm³/mol. The number of amides is 1. The van der Waals surface area contributed by atoms with E-state index in [-0.39, 0.29) is 18.3 Å². The third kappa shape index (κ3) is 5.21. The van der Waals surface area contributed by atoms with E-state index in [2.05, 4.69) is 25.4 Å². The number of aryl methyl sites for hydroxylation is 1. The summed E-state index contributed by atoms with van der Waals surface area (Å²) >= 11 is 1.52. The number of aromatic amines is 1. The molecule has 3 heterocycles. The lowest BCUT2D eigenvalue weighted by atomic mass is 10.1. The second-order valence-electron chi connectivity index (χ2n) is 6.57. The predicted octanol–water partition coefficient (Wildman–Crippen LogP) is 1.79. The molecule has 10 heteroatoms. The topological polar surface area (TPSA) is 109 Å². The van der Waals surface area contributed by atoms with Gasteiger partial charge in [0.15, 0.2) is 5.13 Å². The number of morpholine rings is 1. The van der Waals surface area contributed by atoms with Gasteiger partial charge in [-0.1, -0.05) is 0 Å². The van der Waals surface area contributed by atoms with E-state index in [0.717, 1.165) is 23.8 Å². The highest BCUT2D eigenvalue weighted by molar-refractivity contribution is 7.13. The van der Waals surface area contributed by atoms with Gasteiger partial charge >= 0.3 is 5.97 Å². The molecule has 0 bridgehead atoms. The number of ether oxygens (including phenoxy) is 2. The van der Waals surface area contributed by atoms with E-state index in [9.17, 15) is 9.59 Å². The third-order valence-corrected chi connectivity index (χ3v) is 5.45. The molecule has 1 fully saturated rings. The van der Waals surface area contributed by atoms with E-state index in [0.29, 0.717) is 42.5 Å². The molecule has 1 aliphatic rings. The quantitative estimate of drug-likeness (QED) is 0.402. The van der Waals surface area contributed by atoms with Crippen molar-refractivity contribution in [3.8, 4) is 0 Å². The van der Waals surface area contributed by atoms with Crippen LogP contribution in [0.2, 0.25) is 0 Å². The van der Waals surface area contributed by atoms with Gasteiger partial charge in [-0.25, -0.2) is 15.2 Å². The number of esters is 1. The van der Waals surface area contributed by atoms with Gasteiger partial charge in [0.05, 0.1) is 49.4 Å². The molecule has 0 spiro atoms. The highest BCUT2D eigenvalue weighted by atomic mass is 32.1. The first-order chi connectivity index (χ1) is 14.0. The number of hydrogen-bond acceptors (Lipinski definition) is 8. The molecule has 0 radical (unpaired) electrons. The molecule has 2 aromatic rings. The van der Waals surface area contributed by atoms with Gasteiger partial charge in [0.25, 0.3) is 0 Å². The van der Waals surface area contributed by atoms with Crippen LogP contribution in [0.25, 0.3) is 0 Å². The number of carbonyl (C=O) groups is 2. The third-order valence-electron chi connectivity index (χ3n) is 4.50. The first-order valence-corrected chi connectivity index (χ1v) is 10.3. The normalized spacial score (nSPS) is 14.4. The fourth-order valence-electron chi connectivity index (χ4n) is 3.06. The van der Waals surface area contributed by atoms with E-state index >= 15 is 0 Å². The van der Waals surface area contributed by atoms with Gasteiger partial charge < -0.3 is 19.4 Å². The number of nitrogens with one attached hydrogen (secondary N) is 2. The number of thiazole rings is 1. The molecular weight excluding hydrogens is 394 g/mol. The maximum atomic E-state index is 12.2. The highest BCUT2D eigenvalue weighted by Gasteiger charge is 2.18. The minimum absolute atomic E-state index is 0.148. The van der Waals surface area contributed by atoms with Crippen LogP contribution < -0.4 is 10.3 Å². The number of anilines is 1. The van der Waals surface area contributed by atoms with Crippen molar-refractivity contribution in [1.29, 1.82) is 0 Å². The van der Waals surface area contributed by atoms with Crippen molar-refractivity contribution in [2.24, 2.45) is 5.10 Å². The van der Waals surface area contributed by atoms with Gasteiger partial charge in [0.2, 0.25) is 5.91 Å². The molecule has 0 aromatic carbocycles. The molecule has 9 nitrogen and oxygen atoms in total. The second-order valence-corrected chi connectivity index (χ2v) is 7.41. The summed E-state index contributed by atoms with van der Waals surface area (Å²) in [7, 11) is 0. The molecule has 3 rings (SSSR count). The van der Waals surface area contributed by atoms with Crippen molar-refractivity contribution in [3.05, 3.63) is 33.6 Å². The van der Waals surface area contributed by atoms with Crippen LogP contribution in [-0.4, -0.2) is 61.0 Å². The lowest BCUT2D eigenvalue weighted by Crippen LogP contribution is -2.36. The Bertz CT molecular complexity index is 899. The van der Waals surface area contributed by atoms with Gasteiger partial charge in [-0.15, -0.1) is 11.3 Å². The van der Waals surface area contributed by atoms with E-state index in [1.54, 1.807) is 20.8 Å². The van der Waals surface area contributed by atoms with Crippen LogP contribution in [-0.2, 0) is 20.7 Å². The number of aromatic nitrogens is 2. The van der Waals surface area contributed by atoms with Crippen LogP contribution in [0.3, 0.4) is 0 Å². The van der Waals surface area contributed by atoms with E-state index < -0.39 is 0 Å². The smallest absolute Gasteiger partial charge is 0.340 e. The molecule has 2 N–H and O–H groups in total. The van der Waals surface area contributed by atoms with Crippen molar-refractivity contribution < 1.29 is 19.1 Å². The van der Waals surface area contributed by atoms with E-state index in [1.807, 2.05) is 5.38 Å². The maximum absolute atomic E-state index is 12.2. The Balaban J connectivity index is 1.56. The zero-order chi connectivity index (χ0) is 20.8. The summed E-state index contributed by atoms with van der Waals surface area (Å²) in [4.78, 5) is 34.0. The molecular formula is C19H25N5O4S. The van der Waals surface area contributed by atoms with Crippen LogP contribution in [0.15, 0.2) is 10.5 Å². The van der Waals surface area contributed by atoms with Gasteiger partial charge in [0.1, 0.15) is 0 Å².